The fourth-order valence-electron chi connectivity index (χ4n) is 3.99. The number of rotatable bonds is 4. The van der Waals surface area contributed by atoms with E-state index in [2.05, 4.69) is 10.3 Å². The minimum atomic E-state index is -0.530. The molecule has 0 unspecified atom stereocenters. The molecule has 1 amide bonds. The molecule has 2 N–H and O–H groups in total. The van der Waals surface area contributed by atoms with Crippen LogP contribution < -0.4 is 5.32 Å². The highest BCUT2D eigenvalue weighted by Gasteiger charge is 2.45. The van der Waals surface area contributed by atoms with Gasteiger partial charge in [0.25, 0.3) is 0 Å². The third kappa shape index (κ3) is 4.06. The van der Waals surface area contributed by atoms with E-state index in [1.807, 2.05) is 41.5 Å². The van der Waals surface area contributed by atoms with Gasteiger partial charge in [-0.15, -0.1) is 11.3 Å². The van der Waals surface area contributed by atoms with Gasteiger partial charge < -0.3 is 15.2 Å². The van der Waals surface area contributed by atoms with E-state index < -0.39 is 6.10 Å². The standard InChI is InChI=1S/C20H25N3O3S/c1-14-21-17(13-27-14)15-4-2-5-16(10-15)22-19(25)12-23-8-7-20(18(24)11-23)6-3-9-26-20/h2,4-5,10,13,18,24H,3,6-9,11-12H2,1H3,(H,22,25)/t18-,20-/m0/s1. The maximum absolute atomic E-state index is 12.5. The van der Waals surface area contributed by atoms with Gasteiger partial charge in [-0.3, -0.25) is 9.69 Å². The summed E-state index contributed by atoms with van der Waals surface area (Å²) in [6, 6.07) is 7.74. The molecule has 2 fully saturated rings. The van der Waals surface area contributed by atoms with Crippen molar-refractivity contribution in [1.82, 2.24) is 9.88 Å². The van der Waals surface area contributed by atoms with Gasteiger partial charge in [-0.1, -0.05) is 12.1 Å². The van der Waals surface area contributed by atoms with Crippen LogP contribution in [0.15, 0.2) is 29.6 Å². The molecule has 2 aromatic rings. The Morgan fingerprint density at radius 3 is 3.07 bits per heavy atom. The van der Waals surface area contributed by atoms with Gasteiger partial charge in [-0.25, -0.2) is 4.98 Å². The highest BCUT2D eigenvalue weighted by molar-refractivity contribution is 7.09. The van der Waals surface area contributed by atoms with E-state index in [4.69, 9.17) is 4.74 Å². The Morgan fingerprint density at radius 2 is 2.37 bits per heavy atom. The van der Waals surface area contributed by atoms with E-state index in [1.54, 1.807) is 11.3 Å². The molecule has 2 aliphatic rings. The predicted molar refractivity (Wildman–Crippen MR) is 106 cm³/mol. The van der Waals surface area contributed by atoms with Crippen LogP contribution in [0, 0.1) is 6.92 Å². The third-order valence-electron chi connectivity index (χ3n) is 5.45. The van der Waals surface area contributed by atoms with E-state index in [0.29, 0.717) is 6.54 Å². The number of aromatic nitrogens is 1. The van der Waals surface area contributed by atoms with Gasteiger partial charge in [0, 0.05) is 36.3 Å². The number of thiazole rings is 1. The normalized spacial score (nSPS) is 25.8. The first-order chi connectivity index (χ1) is 13.0. The summed E-state index contributed by atoms with van der Waals surface area (Å²) in [6.07, 6.45) is 2.17. The molecule has 0 radical (unpaired) electrons. The number of β-amino-alcohol motifs (C(OH)–C–C–N with tert-alkyl or cyclic N) is 1. The van der Waals surface area contributed by atoms with Crippen molar-refractivity contribution in [2.24, 2.45) is 0 Å². The molecule has 0 aliphatic carbocycles. The molecule has 4 rings (SSSR count). The lowest BCUT2D eigenvalue weighted by molar-refractivity contribution is -0.135. The summed E-state index contributed by atoms with van der Waals surface area (Å²) in [5.41, 5.74) is 2.30. The number of aliphatic hydroxyl groups is 1. The number of amides is 1. The molecule has 2 saturated heterocycles. The lowest BCUT2D eigenvalue weighted by Gasteiger charge is -2.42. The van der Waals surface area contributed by atoms with Gasteiger partial charge in [-0.05, 0) is 38.3 Å². The number of aliphatic hydroxyl groups excluding tert-OH is 1. The van der Waals surface area contributed by atoms with Crippen LogP contribution in [0.5, 0.6) is 0 Å². The molecule has 0 saturated carbocycles. The summed E-state index contributed by atoms with van der Waals surface area (Å²) in [6.45, 7) is 4.22. The van der Waals surface area contributed by atoms with Crippen molar-refractivity contribution < 1.29 is 14.6 Å². The highest BCUT2D eigenvalue weighted by Crippen LogP contribution is 2.35. The second kappa shape index (κ2) is 7.67. The molecule has 144 valence electrons. The number of anilines is 1. The number of nitrogens with one attached hydrogen (secondary N) is 1. The van der Waals surface area contributed by atoms with E-state index in [-0.39, 0.29) is 18.1 Å². The zero-order valence-corrected chi connectivity index (χ0v) is 16.3. The second-order valence-corrected chi connectivity index (χ2v) is 8.46. The van der Waals surface area contributed by atoms with Crippen LogP contribution in [0.1, 0.15) is 24.3 Å². The molecule has 3 heterocycles. The van der Waals surface area contributed by atoms with Crippen molar-refractivity contribution in [3.63, 3.8) is 0 Å². The maximum Gasteiger partial charge on any atom is 0.238 e. The second-order valence-electron chi connectivity index (χ2n) is 7.40. The molecular formula is C20H25N3O3S. The fourth-order valence-corrected chi connectivity index (χ4v) is 4.62. The average molecular weight is 388 g/mol. The molecule has 27 heavy (non-hydrogen) atoms. The Hall–Kier alpha value is -1.80. The first-order valence-corrected chi connectivity index (χ1v) is 10.3. The van der Waals surface area contributed by atoms with E-state index in [1.165, 1.54) is 0 Å². The number of aryl methyl sites for hydroxylation is 1. The number of likely N-dealkylation sites (tertiary alicyclic amines) is 1. The molecule has 2 aliphatic heterocycles. The molecule has 1 aromatic carbocycles. The number of hydrogen-bond donors (Lipinski definition) is 2. The van der Waals surface area contributed by atoms with Crippen molar-refractivity contribution in [3.8, 4) is 11.3 Å². The van der Waals surface area contributed by atoms with Gasteiger partial charge in [0.15, 0.2) is 0 Å². The zero-order chi connectivity index (χ0) is 18.9. The van der Waals surface area contributed by atoms with E-state index in [9.17, 15) is 9.90 Å². The molecule has 1 aromatic heterocycles. The third-order valence-corrected chi connectivity index (χ3v) is 6.23. The van der Waals surface area contributed by atoms with Crippen molar-refractivity contribution in [3.05, 3.63) is 34.7 Å². The largest absolute Gasteiger partial charge is 0.389 e. The molecule has 6 nitrogen and oxygen atoms in total. The highest BCUT2D eigenvalue weighted by atomic mass is 32.1. The molecular weight excluding hydrogens is 362 g/mol. The lowest BCUT2D eigenvalue weighted by atomic mass is 9.86. The Bertz CT molecular complexity index is 816. The summed E-state index contributed by atoms with van der Waals surface area (Å²) in [5.74, 6) is -0.0721. The predicted octanol–water partition coefficient (Wildman–Crippen LogP) is 2.67. The maximum atomic E-state index is 12.5. The number of nitrogens with zero attached hydrogens (tertiary/aromatic N) is 2. The van der Waals surface area contributed by atoms with Crippen LogP contribution in [-0.4, -0.2) is 58.8 Å². The summed E-state index contributed by atoms with van der Waals surface area (Å²) in [4.78, 5) is 19.0. The van der Waals surface area contributed by atoms with Crippen LogP contribution in [0.3, 0.4) is 0 Å². The molecule has 1 spiro atoms. The average Bonchev–Trinajstić information content (AvgIpc) is 3.29. The minimum absolute atomic E-state index is 0.0721. The first-order valence-electron chi connectivity index (χ1n) is 9.41. The Kier molecular flexibility index (Phi) is 5.27. The Balaban J connectivity index is 1.35. The lowest BCUT2D eigenvalue weighted by Crippen LogP contribution is -2.56. The summed E-state index contributed by atoms with van der Waals surface area (Å²) >= 11 is 1.61. The van der Waals surface area contributed by atoms with Gasteiger partial charge in [-0.2, -0.15) is 0 Å². The number of hydrogen-bond acceptors (Lipinski definition) is 6. The molecule has 7 heteroatoms. The van der Waals surface area contributed by atoms with Gasteiger partial charge in [0.2, 0.25) is 5.91 Å². The smallest absolute Gasteiger partial charge is 0.238 e. The fraction of sp³-hybridized carbons (Fsp3) is 0.500. The zero-order valence-electron chi connectivity index (χ0n) is 15.5. The number of piperidine rings is 1. The van der Waals surface area contributed by atoms with Crippen LogP contribution in [0.4, 0.5) is 5.69 Å². The Morgan fingerprint density at radius 1 is 1.48 bits per heavy atom. The number of carbonyl (C=O) groups is 1. The topological polar surface area (TPSA) is 74.7 Å². The number of ether oxygens (including phenoxy) is 1. The van der Waals surface area contributed by atoms with Gasteiger partial charge >= 0.3 is 0 Å². The summed E-state index contributed by atoms with van der Waals surface area (Å²) in [7, 11) is 0. The van der Waals surface area contributed by atoms with Crippen molar-refractivity contribution >= 4 is 22.9 Å². The molecule has 0 bridgehead atoms. The number of benzene rings is 1. The monoisotopic (exact) mass is 387 g/mol. The SMILES string of the molecule is Cc1nc(-c2cccc(NC(=O)CN3CC[C@@]4(CCCO4)[C@@H](O)C3)c2)cs1. The molecule has 2 atom stereocenters. The van der Waals surface area contributed by atoms with Crippen molar-refractivity contribution in [2.75, 3.05) is 31.6 Å². The van der Waals surface area contributed by atoms with E-state index >= 15 is 0 Å². The van der Waals surface area contributed by atoms with Crippen LogP contribution in [-0.2, 0) is 9.53 Å². The first kappa shape index (κ1) is 18.6. The van der Waals surface area contributed by atoms with Crippen molar-refractivity contribution in [2.45, 2.75) is 37.9 Å². The van der Waals surface area contributed by atoms with Crippen LogP contribution >= 0.6 is 11.3 Å². The Labute approximate surface area is 163 Å². The van der Waals surface area contributed by atoms with Crippen LogP contribution in [0.2, 0.25) is 0 Å². The number of carbonyl (C=O) groups excluding carboxylic acids is 1. The van der Waals surface area contributed by atoms with Crippen LogP contribution in [0.25, 0.3) is 11.3 Å². The summed E-state index contributed by atoms with van der Waals surface area (Å²) < 4.78 is 5.82. The summed E-state index contributed by atoms with van der Waals surface area (Å²) in [5, 5.41) is 16.5. The van der Waals surface area contributed by atoms with Gasteiger partial charge in [0.05, 0.1) is 29.0 Å². The van der Waals surface area contributed by atoms with Crippen molar-refractivity contribution in [1.29, 1.82) is 0 Å². The van der Waals surface area contributed by atoms with E-state index in [0.717, 1.165) is 54.4 Å². The quantitative estimate of drug-likeness (QED) is 0.844. The van der Waals surface area contributed by atoms with Gasteiger partial charge in [0.1, 0.15) is 0 Å². The minimum Gasteiger partial charge on any atom is -0.389 e.